The Balaban J connectivity index is 2.96. The topological polar surface area (TPSA) is 45.8 Å². The molecule has 2 rings (SSSR count). The van der Waals surface area contributed by atoms with Gasteiger partial charge in [0.05, 0.1) is 0 Å². The fourth-order valence-corrected chi connectivity index (χ4v) is 1.82. The van der Waals surface area contributed by atoms with Crippen LogP contribution >= 0.6 is 15.9 Å². The first-order valence-electron chi connectivity index (χ1n) is 4.48. The van der Waals surface area contributed by atoms with Crippen LogP contribution in [0.3, 0.4) is 0 Å². The van der Waals surface area contributed by atoms with Crippen molar-refractivity contribution in [2.45, 2.75) is 12.3 Å². The third-order valence-electron chi connectivity index (χ3n) is 2.26. The zero-order chi connectivity index (χ0) is 11.9. The van der Waals surface area contributed by atoms with Gasteiger partial charge in [-0.2, -0.15) is 0 Å². The lowest BCUT2D eigenvalue weighted by Gasteiger charge is -2.05. The van der Waals surface area contributed by atoms with Crippen molar-refractivity contribution in [2.75, 3.05) is 0 Å². The maximum absolute atomic E-state index is 13.8. The van der Waals surface area contributed by atoms with Crippen LogP contribution in [-0.2, 0) is 5.33 Å². The van der Waals surface area contributed by atoms with Crippen LogP contribution in [0.1, 0.15) is 11.3 Å². The molecule has 6 heteroatoms. The third-order valence-corrected chi connectivity index (χ3v) is 2.86. The van der Waals surface area contributed by atoms with Crippen molar-refractivity contribution in [3.8, 4) is 0 Å². The van der Waals surface area contributed by atoms with Gasteiger partial charge in [0.2, 0.25) is 0 Å². The Morgan fingerprint density at radius 2 is 2.19 bits per heavy atom. The molecular weight excluding hydrogens is 282 g/mol. The first-order chi connectivity index (χ1) is 7.54. The van der Waals surface area contributed by atoms with Gasteiger partial charge in [-0.3, -0.25) is 4.79 Å². The van der Waals surface area contributed by atoms with Crippen molar-refractivity contribution in [1.29, 1.82) is 0 Å². The minimum absolute atomic E-state index is 0.109. The van der Waals surface area contributed by atoms with Crippen LogP contribution < -0.4 is 5.56 Å². The Kier molecular flexibility index (Phi) is 2.75. The number of aromatic nitrogens is 2. The smallest absolute Gasteiger partial charge is 0.269 e. The highest BCUT2D eigenvalue weighted by atomic mass is 79.9. The second-order valence-electron chi connectivity index (χ2n) is 3.34. The number of alkyl halides is 1. The summed E-state index contributed by atoms with van der Waals surface area (Å²) >= 11 is 3.04. The summed E-state index contributed by atoms with van der Waals surface area (Å²) in [5, 5.41) is 0.168. The van der Waals surface area contributed by atoms with E-state index in [2.05, 4.69) is 25.9 Å². The minimum Gasteiger partial charge on any atom is -0.317 e. The zero-order valence-corrected chi connectivity index (χ0v) is 9.86. The van der Waals surface area contributed by atoms with Gasteiger partial charge in [-0.1, -0.05) is 15.9 Å². The van der Waals surface area contributed by atoms with Gasteiger partial charge in [0, 0.05) is 10.9 Å². The number of hydrogen-bond donors (Lipinski definition) is 1. The lowest BCUT2D eigenvalue weighted by Crippen LogP contribution is -2.13. The van der Waals surface area contributed by atoms with Gasteiger partial charge < -0.3 is 4.98 Å². The maximum atomic E-state index is 13.8. The van der Waals surface area contributed by atoms with Crippen LogP contribution in [0.5, 0.6) is 0 Å². The van der Waals surface area contributed by atoms with Crippen molar-refractivity contribution >= 4 is 27.0 Å². The van der Waals surface area contributed by atoms with Gasteiger partial charge in [-0.05, 0) is 13.0 Å². The molecule has 0 atom stereocenters. The van der Waals surface area contributed by atoms with E-state index in [9.17, 15) is 13.6 Å². The van der Waals surface area contributed by atoms with Crippen LogP contribution in [0.2, 0.25) is 0 Å². The Morgan fingerprint density at radius 3 is 2.81 bits per heavy atom. The van der Waals surface area contributed by atoms with Crippen LogP contribution in [-0.4, -0.2) is 9.97 Å². The molecule has 1 heterocycles. The summed E-state index contributed by atoms with van der Waals surface area (Å²) in [5.41, 5.74) is -0.606. The molecule has 1 aromatic carbocycles. The number of aryl methyl sites for hydroxylation is 1. The van der Waals surface area contributed by atoms with Crippen molar-refractivity contribution in [1.82, 2.24) is 9.97 Å². The number of nitrogens with zero attached hydrogens (tertiary/aromatic N) is 1. The molecule has 16 heavy (non-hydrogen) atoms. The SMILES string of the molecule is Cc1nc2c(F)cc(CBr)c(F)c2[nH]c1=O. The lowest BCUT2D eigenvalue weighted by atomic mass is 10.2. The number of halogens is 3. The van der Waals surface area contributed by atoms with Gasteiger partial charge in [0.15, 0.2) is 11.6 Å². The van der Waals surface area contributed by atoms with Gasteiger partial charge in [-0.25, -0.2) is 13.8 Å². The summed E-state index contributed by atoms with van der Waals surface area (Å²) in [6.45, 7) is 1.44. The van der Waals surface area contributed by atoms with Gasteiger partial charge in [-0.15, -0.1) is 0 Å². The molecule has 84 valence electrons. The molecular formula is C10H7BrF2N2O. The number of fused-ring (bicyclic) bond motifs is 1. The fraction of sp³-hybridized carbons (Fsp3) is 0.200. The van der Waals surface area contributed by atoms with Crippen molar-refractivity contribution in [3.63, 3.8) is 0 Å². The number of hydrogen-bond acceptors (Lipinski definition) is 2. The largest absolute Gasteiger partial charge is 0.317 e. The second-order valence-corrected chi connectivity index (χ2v) is 3.90. The summed E-state index contributed by atoms with van der Waals surface area (Å²) in [6.07, 6.45) is 0. The maximum Gasteiger partial charge on any atom is 0.269 e. The standard InChI is InChI=1S/C10H7BrF2N2O/c1-4-10(16)15-9-7(13)5(3-11)2-6(12)8(9)14-4/h2H,3H2,1H3,(H,15,16). The summed E-state index contributed by atoms with van der Waals surface area (Å²) in [5.74, 6) is -1.30. The van der Waals surface area contributed by atoms with Crippen LogP contribution in [0.15, 0.2) is 10.9 Å². The minimum atomic E-state index is -0.655. The van der Waals surface area contributed by atoms with Crippen LogP contribution in [0.4, 0.5) is 8.78 Å². The molecule has 0 saturated heterocycles. The molecule has 1 aromatic heterocycles. The van der Waals surface area contributed by atoms with E-state index in [-0.39, 0.29) is 27.6 Å². The van der Waals surface area contributed by atoms with Crippen molar-refractivity contribution in [2.24, 2.45) is 0 Å². The molecule has 0 aliphatic carbocycles. The average Bonchev–Trinajstić information content (AvgIpc) is 2.26. The molecule has 0 saturated carbocycles. The molecule has 0 aliphatic rings. The summed E-state index contributed by atoms with van der Waals surface area (Å²) < 4.78 is 27.3. The second kappa shape index (κ2) is 3.93. The number of aromatic amines is 1. The third kappa shape index (κ3) is 1.63. The number of rotatable bonds is 1. The molecule has 3 nitrogen and oxygen atoms in total. The van der Waals surface area contributed by atoms with E-state index in [1.807, 2.05) is 0 Å². The van der Waals surface area contributed by atoms with Crippen molar-refractivity contribution in [3.05, 3.63) is 39.3 Å². The van der Waals surface area contributed by atoms with Crippen molar-refractivity contribution < 1.29 is 8.78 Å². The number of nitrogens with one attached hydrogen (secondary N) is 1. The van der Waals surface area contributed by atoms with E-state index in [4.69, 9.17) is 0 Å². The van der Waals surface area contributed by atoms with E-state index in [0.29, 0.717) is 0 Å². The van der Waals surface area contributed by atoms with E-state index in [0.717, 1.165) is 6.07 Å². The van der Waals surface area contributed by atoms with E-state index < -0.39 is 17.2 Å². The van der Waals surface area contributed by atoms with E-state index in [1.165, 1.54) is 6.92 Å². The zero-order valence-electron chi connectivity index (χ0n) is 8.27. The molecule has 0 radical (unpaired) electrons. The summed E-state index contributed by atoms with van der Waals surface area (Å²) in [4.78, 5) is 17.3. The number of benzene rings is 1. The van der Waals surface area contributed by atoms with E-state index in [1.54, 1.807) is 0 Å². The summed E-state index contributed by atoms with van der Waals surface area (Å²) in [6, 6.07) is 1.07. The van der Waals surface area contributed by atoms with Gasteiger partial charge >= 0.3 is 0 Å². The first kappa shape index (κ1) is 11.2. The molecule has 1 N–H and O–H groups in total. The van der Waals surface area contributed by atoms with Gasteiger partial charge in [0.25, 0.3) is 5.56 Å². The monoisotopic (exact) mass is 288 g/mol. The molecule has 2 aromatic rings. The predicted octanol–water partition coefficient (Wildman–Crippen LogP) is 2.40. The Morgan fingerprint density at radius 1 is 1.50 bits per heavy atom. The molecule has 0 fully saturated rings. The Labute approximate surface area is 97.6 Å². The fourth-order valence-electron chi connectivity index (χ4n) is 1.41. The Bertz CT molecular complexity index is 624. The van der Waals surface area contributed by atoms with Crippen LogP contribution in [0.25, 0.3) is 11.0 Å². The van der Waals surface area contributed by atoms with Crippen LogP contribution in [0, 0.1) is 18.6 Å². The molecule has 0 bridgehead atoms. The highest BCUT2D eigenvalue weighted by Gasteiger charge is 2.14. The molecule has 0 unspecified atom stereocenters. The average molecular weight is 289 g/mol. The van der Waals surface area contributed by atoms with E-state index >= 15 is 0 Å². The highest BCUT2D eigenvalue weighted by molar-refractivity contribution is 9.08. The lowest BCUT2D eigenvalue weighted by molar-refractivity contribution is 0.603. The number of H-pyrrole nitrogens is 1. The molecule has 0 aliphatic heterocycles. The van der Waals surface area contributed by atoms with Gasteiger partial charge in [0.1, 0.15) is 16.7 Å². The molecule has 0 amide bonds. The molecule has 0 spiro atoms. The highest BCUT2D eigenvalue weighted by Crippen LogP contribution is 2.22. The normalized spacial score (nSPS) is 11.0. The first-order valence-corrected chi connectivity index (χ1v) is 5.60. The quantitative estimate of drug-likeness (QED) is 0.819. The predicted molar refractivity (Wildman–Crippen MR) is 59.6 cm³/mol. The Hall–Kier alpha value is -1.30. The summed E-state index contributed by atoms with van der Waals surface area (Å²) in [7, 11) is 0.